The lowest BCUT2D eigenvalue weighted by Crippen LogP contribution is -2.21. The van der Waals surface area contributed by atoms with Crippen LogP contribution in [0.4, 0.5) is 5.69 Å². The third-order valence-electron chi connectivity index (χ3n) is 3.24. The van der Waals surface area contributed by atoms with E-state index in [4.69, 9.17) is 9.47 Å². The molecule has 5 nitrogen and oxygen atoms in total. The van der Waals surface area contributed by atoms with Gasteiger partial charge in [0.05, 0.1) is 13.0 Å². The first-order valence-corrected chi connectivity index (χ1v) is 7.80. The second kappa shape index (κ2) is 8.72. The first kappa shape index (κ1) is 17.5. The van der Waals surface area contributed by atoms with Gasteiger partial charge in [-0.1, -0.05) is 29.8 Å². The molecular formula is C19H21NO4. The second-order valence-corrected chi connectivity index (χ2v) is 5.33. The highest BCUT2D eigenvalue weighted by atomic mass is 16.5. The van der Waals surface area contributed by atoms with Crippen LogP contribution in [-0.4, -0.2) is 25.1 Å². The fourth-order valence-corrected chi connectivity index (χ4v) is 2.18. The Morgan fingerprint density at radius 2 is 1.83 bits per heavy atom. The third kappa shape index (κ3) is 5.76. The Hall–Kier alpha value is -2.82. The molecule has 0 saturated heterocycles. The number of rotatable bonds is 7. The zero-order valence-corrected chi connectivity index (χ0v) is 13.9. The van der Waals surface area contributed by atoms with Crippen LogP contribution in [0.15, 0.2) is 48.5 Å². The van der Waals surface area contributed by atoms with Gasteiger partial charge in [0.1, 0.15) is 5.75 Å². The number of carbonyl (C=O) groups excluding carboxylic acids is 2. The topological polar surface area (TPSA) is 64.6 Å². The Morgan fingerprint density at radius 1 is 1.08 bits per heavy atom. The molecule has 0 radical (unpaired) electrons. The van der Waals surface area contributed by atoms with Crippen LogP contribution in [-0.2, 0) is 20.7 Å². The van der Waals surface area contributed by atoms with E-state index in [1.54, 1.807) is 24.3 Å². The van der Waals surface area contributed by atoms with E-state index in [9.17, 15) is 9.59 Å². The smallest absolute Gasteiger partial charge is 0.310 e. The fraction of sp³-hybridized carbons (Fsp3) is 0.263. The van der Waals surface area contributed by atoms with Crippen molar-refractivity contribution in [1.82, 2.24) is 0 Å². The number of nitrogens with one attached hydrogen (secondary N) is 1. The van der Waals surface area contributed by atoms with Gasteiger partial charge in [0, 0.05) is 5.69 Å². The molecule has 0 unspecified atom stereocenters. The zero-order valence-electron chi connectivity index (χ0n) is 13.9. The minimum absolute atomic E-state index is 0.151. The monoisotopic (exact) mass is 327 g/mol. The van der Waals surface area contributed by atoms with Crippen molar-refractivity contribution in [3.63, 3.8) is 0 Å². The van der Waals surface area contributed by atoms with E-state index < -0.39 is 5.97 Å². The molecule has 0 spiro atoms. The average molecular weight is 327 g/mol. The Labute approximate surface area is 141 Å². The summed E-state index contributed by atoms with van der Waals surface area (Å²) in [4.78, 5) is 23.6. The van der Waals surface area contributed by atoms with Gasteiger partial charge >= 0.3 is 5.97 Å². The highest BCUT2D eigenvalue weighted by molar-refractivity contribution is 5.92. The molecular weight excluding hydrogens is 306 g/mol. The molecule has 2 rings (SSSR count). The highest BCUT2D eigenvalue weighted by Crippen LogP contribution is 2.15. The largest absolute Gasteiger partial charge is 0.494 e. The predicted octanol–water partition coefficient (Wildman–Crippen LogP) is 3.12. The van der Waals surface area contributed by atoms with Gasteiger partial charge in [0.15, 0.2) is 6.61 Å². The normalized spacial score (nSPS) is 10.1. The molecule has 0 aliphatic heterocycles. The van der Waals surface area contributed by atoms with Crippen molar-refractivity contribution in [2.45, 2.75) is 20.3 Å². The molecule has 0 bridgehead atoms. The summed E-state index contributed by atoms with van der Waals surface area (Å²) in [7, 11) is 0. The van der Waals surface area contributed by atoms with Crippen LogP contribution < -0.4 is 10.1 Å². The van der Waals surface area contributed by atoms with Crippen molar-refractivity contribution in [3.8, 4) is 5.75 Å². The highest BCUT2D eigenvalue weighted by Gasteiger charge is 2.09. The van der Waals surface area contributed by atoms with E-state index in [0.29, 0.717) is 12.3 Å². The molecule has 0 atom stereocenters. The number of amides is 1. The molecule has 1 N–H and O–H groups in total. The standard InChI is InChI=1S/C19H21NO4/c1-3-23-17-9-7-16(8-10-17)20-18(21)13-24-19(22)12-15-6-4-5-14(2)11-15/h4-11H,3,12-13H2,1-2H3,(H,20,21). The van der Waals surface area contributed by atoms with Crippen molar-refractivity contribution in [2.75, 3.05) is 18.5 Å². The molecule has 0 heterocycles. The van der Waals surface area contributed by atoms with E-state index in [2.05, 4.69) is 5.32 Å². The summed E-state index contributed by atoms with van der Waals surface area (Å²) in [5.41, 5.74) is 2.57. The molecule has 0 saturated carbocycles. The van der Waals surface area contributed by atoms with E-state index >= 15 is 0 Å². The Kier molecular flexibility index (Phi) is 6.37. The lowest BCUT2D eigenvalue weighted by atomic mass is 10.1. The van der Waals surface area contributed by atoms with Gasteiger partial charge in [-0.3, -0.25) is 9.59 Å². The molecule has 2 aromatic rings. The summed E-state index contributed by atoms with van der Waals surface area (Å²) in [6.07, 6.45) is 0.151. The van der Waals surface area contributed by atoms with Gasteiger partial charge < -0.3 is 14.8 Å². The van der Waals surface area contributed by atoms with E-state index in [-0.39, 0.29) is 18.9 Å². The number of ether oxygens (including phenoxy) is 2. The van der Waals surface area contributed by atoms with Gasteiger partial charge in [-0.05, 0) is 43.7 Å². The summed E-state index contributed by atoms with van der Waals surface area (Å²) < 4.78 is 10.3. The summed E-state index contributed by atoms with van der Waals surface area (Å²) >= 11 is 0. The van der Waals surface area contributed by atoms with Crippen LogP contribution in [0, 0.1) is 6.92 Å². The number of anilines is 1. The maximum Gasteiger partial charge on any atom is 0.310 e. The number of hydrogen-bond acceptors (Lipinski definition) is 4. The maximum atomic E-state index is 11.8. The van der Waals surface area contributed by atoms with Crippen molar-refractivity contribution in [3.05, 3.63) is 59.7 Å². The molecule has 2 aromatic carbocycles. The van der Waals surface area contributed by atoms with Crippen molar-refractivity contribution in [1.29, 1.82) is 0 Å². The average Bonchev–Trinajstić information content (AvgIpc) is 2.55. The summed E-state index contributed by atoms with van der Waals surface area (Å²) in [5.74, 6) is -0.0701. The van der Waals surface area contributed by atoms with Crippen LogP contribution in [0.3, 0.4) is 0 Å². The van der Waals surface area contributed by atoms with Gasteiger partial charge in [0.2, 0.25) is 0 Å². The summed E-state index contributed by atoms with van der Waals surface area (Å²) in [6, 6.07) is 14.6. The summed E-state index contributed by atoms with van der Waals surface area (Å²) in [6.45, 7) is 4.14. The predicted molar refractivity (Wildman–Crippen MR) is 92.1 cm³/mol. The number of hydrogen-bond donors (Lipinski definition) is 1. The first-order valence-electron chi connectivity index (χ1n) is 7.80. The molecule has 0 aliphatic rings. The molecule has 24 heavy (non-hydrogen) atoms. The number of aryl methyl sites for hydroxylation is 1. The fourth-order valence-electron chi connectivity index (χ4n) is 2.18. The maximum absolute atomic E-state index is 11.8. The van der Waals surface area contributed by atoms with Gasteiger partial charge in [-0.15, -0.1) is 0 Å². The Balaban J connectivity index is 1.77. The second-order valence-electron chi connectivity index (χ2n) is 5.33. The molecule has 5 heteroatoms. The quantitative estimate of drug-likeness (QED) is 0.794. The van der Waals surface area contributed by atoms with Crippen molar-refractivity contribution >= 4 is 17.6 Å². The lowest BCUT2D eigenvalue weighted by molar-refractivity contribution is -0.146. The number of esters is 1. The third-order valence-corrected chi connectivity index (χ3v) is 3.24. The van der Waals surface area contributed by atoms with E-state index in [0.717, 1.165) is 16.9 Å². The first-order chi connectivity index (χ1) is 11.6. The number of benzene rings is 2. The molecule has 0 aliphatic carbocycles. The zero-order chi connectivity index (χ0) is 17.4. The molecule has 1 amide bonds. The van der Waals surface area contributed by atoms with Crippen LogP contribution in [0.2, 0.25) is 0 Å². The van der Waals surface area contributed by atoms with E-state index in [1.165, 1.54) is 0 Å². The Bertz CT molecular complexity index is 695. The van der Waals surface area contributed by atoms with Crippen LogP contribution in [0.5, 0.6) is 5.75 Å². The Morgan fingerprint density at radius 3 is 2.50 bits per heavy atom. The van der Waals surface area contributed by atoms with Crippen LogP contribution >= 0.6 is 0 Å². The summed E-state index contributed by atoms with van der Waals surface area (Å²) in [5, 5.41) is 2.67. The van der Waals surface area contributed by atoms with Crippen molar-refractivity contribution < 1.29 is 19.1 Å². The van der Waals surface area contributed by atoms with Crippen LogP contribution in [0.1, 0.15) is 18.1 Å². The van der Waals surface area contributed by atoms with Crippen LogP contribution in [0.25, 0.3) is 0 Å². The number of carbonyl (C=O) groups is 2. The lowest BCUT2D eigenvalue weighted by Gasteiger charge is -2.08. The van der Waals surface area contributed by atoms with Gasteiger partial charge in [0.25, 0.3) is 5.91 Å². The minimum atomic E-state index is -0.428. The molecule has 0 fully saturated rings. The van der Waals surface area contributed by atoms with Gasteiger partial charge in [-0.2, -0.15) is 0 Å². The van der Waals surface area contributed by atoms with Crippen molar-refractivity contribution in [2.24, 2.45) is 0 Å². The van der Waals surface area contributed by atoms with Gasteiger partial charge in [-0.25, -0.2) is 0 Å². The minimum Gasteiger partial charge on any atom is -0.494 e. The SMILES string of the molecule is CCOc1ccc(NC(=O)COC(=O)Cc2cccc(C)c2)cc1. The van der Waals surface area contributed by atoms with E-state index in [1.807, 2.05) is 38.1 Å². The molecule has 126 valence electrons. The molecule has 0 aromatic heterocycles.